The van der Waals surface area contributed by atoms with E-state index in [4.69, 9.17) is 4.74 Å². The number of esters is 1. The van der Waals surface area contributed by atoms with Gasteiger partial charge in [-0.25, -0.2) is 4.79 Å². The molecular weight excluding hydrogens is 378 g/mol. The van der Waals surface area contributed by atoms with Crippen LogP contribution in [0.3, 0.4) is 0 Å². The lowest BCUT2D eigenvalue weighted by Gasteiger charge is -2.38. The van der Waals surface area contributed by atoms with Crippen molar-refractivity contribution >= 4 is 27.6 Å². The van der Waals surface area contributed by atoms with Gasteiger partial charge in [0.2, 0.25) is 0 Å². The highest BCUT2D eigenvalue weighted by Crippen LogP contribution is 2.50. The first-order valence-corrected chi connectivity index (χ1v) is 9.47. The van der Waals surface area contributed by atoms with Crippen molar-refractivity contribution in [1.29, 1.82) is 0 Å². The summed E-state index contributed by atoms with van der Waals surface area (Å²) in [6.07, 6.45) is 5.58. The molecule has 0 spiro atoms. The molecule has 0 bridgehead atoms. The number of carbonyl (C=O) groups is 1. The summed E-state index contributed by atoms with van der Waals surface area (Å²) in [6.45, 7) is 2.21. The molecule has 1 aliphatic heterocycles. The lowest BCUT2D eigenvalue weighted by atomic mass is 9.76. The number of allylic oxidation sites excluding steroid dienone is 2. The van der Waals surface area contributed by atoms with Crippen molar-refractivity contribution in [2.45, 2.75) is 25.3 Å². The van der Waals surface area contributed by atoms with Gasteiger partial charge in [-0.2, -0.15) is 0 Å². The Kier molecular flexibility index (Phi) is 4.38. The normalized spacial score (nSPS) is 23.5. The molecular formula is C21H20BrNO2. The maximum Gasteiger partial charge on any atom is 0.340 e. The Hall–Kier alpha value is -2.07. The second-order valence-electron chi connectivity index (χ2n) is 6.52. The molecule has 0 amide bonds. The summed E-state index contributed by atoms with van der Waals surface area (Å²) >= 11 is 3.57. The van der Waals surface area contributed by atoms with Crippen LogP contribution >= 0.6 is 15.9 Å². The first-order valence-electron chi connectivity index (χ1n) is 8.67. The summed E-state index contributed by atoms with van der Waals surface area (Å²) in [4.78, 5) is 12.4. The first kappa shape index (κ1) is 16.4. The van der Waals surface area contributed by atoms with Crippen LogP contribution in [0.1, 0.15) is 46.8 Å². The molecule has 0 aromatic heterocycles. The van der Waals surface area contributed by atoms with Crippen molar-refractivity contribution < 1.29 is 9.53 Å². The fourth-order valence-corrected chi connectivity index (χ4v) is 4.45. The van der Waals surface area contributed by atoms with Crippen molar-refractivity contribution in [3.63, 3.8) is 0 Å². The summed E-state index contributed by atoms with van der Waals surface area (Å²) in [5.74, 6) is 0.522. The third-order valence-electron chi connectivity index (χ3n) is 5.10. The van der Waals surface area contributed by atoms with E-state index in [1.165, 1.54) is 11.1 Å². The van der Waals surface area contributed by atoms with E-state index in [0.717, 1.165) is 16.6 Å². The monoisotopic (exact) mass is 397 g/mol. The second kappa shape index (κ2) is 6.68. The van der Waals surface area contributed by atoms with E-state index in [0.29, 0.717) is 24.0 Å². The van der Waals surface area contributed by atoms with E-state index >= 15 is 0 Å². The van der Waals surface area contributed by atoms with Gasteiger partial charge in [-0.3, -0.25) is 0 Å². The zero-order valence-electron chi connectivity index (χ0n) is 14.0. The molecule has 25 heavy (non-hydrogen) atoms. The van der Waals surface area contributed by atoms with Crippen molar-refractivity contribution in [3.8, 4) is 0 Å². The molecule has 1 aliphatic carbocycles. The number of ether oxygens (including phenoxy) is 1. The standard InChI is InChI=1S/C21H20BrNO2/c1-2-25-21(24)18-11-5-10-17-15-8-4-9-16(15)19(23-20(17)18)13-6-3-7-14(22)12-13/h3-8,10-12,15-16,19,23H,2,9H2,1H3/t15-,16+,19+/m1/s1. The maximum atomic E-state index is 12.4. The molecule has 128 valence electrons. The van der Waals surface area contributed by atoms with Crippen molar-refractivity contribution in [2.75, 3.05) is 11.9 Å². The number of anilines is 1. The van der Waals surface area contributed by atoms with Gasteiger partial charge in [-0.1, -0.05) is 52.3 Å². The Morgan fingerprint density at radius 3 is 2.92 bits per heavy atom. The lowest BCUT2D eigenvalue weighted by Crippen LogP contribution is -2.30. The minimum Gasteiger partial charge on any atom is -0.462 e. The van der Waals surface area contributed by atoms with E-state index in [9.17, 15) is 4.79 Å². The number of nitrogens with one attached hydrogen (secondary N) is 1. The highest BCUT2D eigenvalue weighted by atomic mass is 79.9. The quantitative estimate of drug-likeness (QED) is 0.552. The van der Waals surface area contributed by atoms with E-state index in [2.05, 4.69) is 57.7 Å². The zero-order chi connectivity index (χ0) is 17.4. The molecule has 0 fully saturated rings. The summed E-state index contributed by atoms with van der Waals surface area (Å²) in [7, 11) is 0. The van der Waals surface area contributed by atoms with Gasteiger partial charge in [0.1, 0.15) is 0 Å². The molecule has 1 N–H and O–H groups in total. The van der Waals surface area contributed by atoms with Crippen molar-refractivity contribution in [3.05, 3.63) is 75.8 Å². The molecule has 4 rings (SSSR count). The molecule has 2 aromatic rings. The molecule has 0 unspecified atom stereocenters. The highest BCUT2D eigenvalue weighted by Gasteiger charge is 2.39. The molecule has 0 saturated heterocycles. The lowest BCUT2D eigenvalue weighted by molar-refractivity contribution is 0.0527. The number of fused-ring (bicyclic) bond motifs is 3. The van der Waals surface area contributed by atoms with Crippen LogP contribution in [-0.2, 0) is 4.74 Å². The van der Waals surface area contributed by atoms with Gasteiger partial charge in [0.05, 0.1) is 23.9 Å². The highest BCUT2D eigenvalue weighted by molar-refractivity contribution is 9.10. The van der Waals surface area contributed by atoms with Crippen LogP contribution in [0.2, 0.25) is 0 Å². The predicted octanol–water partition coefficient (Wildman–Crippen LogP) is 5.45. The Balaban J connectivity index is 1.80. The molecule has 0 saturated carbocycles. The Labute approximate surface area is 156 Å². The van der Waals surface area contributed by atoms with Crippen LogP contribution < -0.4 is 5.32 Å². The number of benzene rings is 2. The molecule has 4 heteroatoms. The second-order valence-corrected chi connectivity index (χ2v) is 7.44. The van der Waals surface area contributed by atoms with Gasteiger partial charge in [-0.15, -0.1) is 0 Å². The maximum absolute atomic E-state index is 12.4. The van der Waals surface area contributed by atoms with Crippen LogP contribution in [0.5, 0.6) is 0 Å². The Bertz CT molecular complexity index is 846. The van der Waals surface area contributed by atoms with E-state index in [-0.39, 0.29) is 12.0 Å². The number of halogens is 1. The van der Waals surface area contributed by atoms with Gasteiger partial charge in [0.15, 0.2) is 0 Å². The van der Waals surface area contributed by atoms with Crippen LogP contribution in [0.15, 0.2) is 59.1 Å². The van der Waals surface area contributed by atoms with E-state index < -0.39 is 0 Å². The van der Waals surface area contributed by atoms with Crippen molar-refractivity contribution in [2.24, 2.45) is 5.92 Å². The fraction of sp³-hybridized carbons (Fsp3) is 0.286. The van der Waals surface area contributed by atoms with Gasteiger partial charge in [-0.05, 0) is 48.6 Å². The molecule has 3 atom stereocenters. The van der Waals surface area contributed by atoms with Crippen LogP contribution in [-0.4, -0.2) is 12.6 Å². The molecule has 2 aliphatic rings. The van der Waals surface area contributed by atoms with E-state index in [1.807, 2.05) is 25.1 Å². The third-order valence-corrected chi connectivity index (χ3v) is 5.59. The largest absolute Gasteiger partial charge is 0.462 e. The van der Waals surface area contributed by atoms with Gasteiger partial charge in [0.25, 0.3) is 0 Å². The van der Waals surface area contributed by atoms with Crippen LogP contribution in [0.4, 0.5) is 5.69 Å². The van der Waals surface area contributed by atoms with Crippen LogP contribution in [0, 0.1) is 5.92 Å². The van der Waals surface area contributed by atoms with Gasteiger partial charge >= 0.3 is 5.97 Å². The summed E-state index contributed by atoms with van der Waals surface area (Å²) in [5, 5.41) is 3.66. The zero-order valence-corrected chi connectivity index (χ0v) is 15.6. The SMILES string of the molecule is CCOC(=O)c1cccc2c1N[C@@H](c1cccc(Br)c1)[C@H]1CC=C[C@@H]21. The number of hydrogen-bond acceptors (Lipinski definition) is 3. The predicted molar refractivity (Wildman–Crippen MR) is 103 cm³/mol. The average molecular weight is 398 g/mol. The average Bonchev–Trinajstić information content (AvgIpc) is 3.10. The minimum atomic E-state index is -0.264. The summed E-state index contributed by atoms with van der Waals surface area (Å²) in [6, 6.07) is 14.5. The Morgan fingerprint density at radius 1 is 1.28 bits per heavy atom. The number of rotatable bonds is 3. The minimum absolute atomic E-state index is 0.167. The third kappa shape index (κ3) is 2.89. The topological polar surface area (TPSA) is 38.3 Å². The number of carbonyl (C=O) groups excluding carboxylic acids is 1. The summed E-state index contributed by atoms with van der Waals surface area (Å²) in [5.41, 5.74) is 3.96. The smallest absolute Gasteiger partial charge is 0.340 e. The van der Waals surface area contributed by atoms with E-state index in [1.54, 1.807) is 0 Å². The van der Waals surface area contributed by atoms with Gasteiger partial charge in [0, 0.05) is 10.4 Å². The van der Waals surface area contributed by atoms with Gasteiger partial charge < -0.3 is 10.1 Å². The molecule has 3 nitrogen and oxygen atoms in total. The number of para-hydroxylation sites is 1. The van der Waals surface area contributed by atoms with Crippen molar-refractivity contribution in [1.82, 2.24) is 0 Å². The first-order chi connectivity index (χ1) is 12.2. The number of hydrogen-bond donors (Lipinski definition) is 1. The Morgan fingerprint density at radius 2 is 2.12 bits per heavy atom. The van der Waals surface area contributed by atoms with Crippen LogP contribution in [0.25, 0.3) is 0 Å². The molecule has 0 radical (unpaired) electrons. The summed E-state index contributed by atoms with van der Waals surface area (Å²) < 4.78 is 6.33. The fourth-order valence-electron chi connectivity index (χ4n) is 4.03. The molecule has 2 aromatic carbocycles. The molecule has 1 heterocycles.